The van der Waals surface area contributed by atoms with Gasteiger partial charge in [0, 0.05) is 30.9 Å². The number of carbonyl (C=O) groups is 1. The molecule has 23 heavy (non-hydrogen) atoms. The minimum Gasteiger partial charge on any atom is -0.339 e. The molecule has 1 aromatic rings. The van der Waals surface area contributed by atoms with Crippen LogP contribution in [-0.2, 0) is 17.5 Å². The summed E-state index contributed by atoms with van der Waals surface area (Å²) in [7, 11) is 1.63. The number of hydrogen-bond acceptors (Lipinski definition) is 4. The van der Waals surface area contributed by atoms with Gasteiger partial charge in [-0.3, -0.25) is 4.79 Å². The van der Waals surface area contributed by atoms with Crippen molar-refractivity contribution < 1.29 is 18.0 Å². The third kappa shape index (κ3) is 4.03. The standard InChI is InChI=1S/C15H20F3N3OS/c1-21(7-13-20-12(8-23-13)15(16,17)18)14(22)6-9-4-10-2-3-11(5-9)19-10/h8-11,19H,2-7H2,1H3. The molecule has 2 aliphatic rings. The van der Waals surface area contributed by atoms with Crippen molar-refractivity contribution in [3.05, 3.63) is 16.1 Å². The molecule has 128 valence electrons. The lowest BCUT2D eigenvalue weighted by atomic mass is 9.89. The number of halogens is 3. The average molecular weight is 347 g/mol. The lowest BCUT2D eigenvalue weighted by Crippen LogP contribution is -2.39. The maximum absolute atomic E-state index is 12.5. The molecule has 2 atom stereocenters. The topological polar surface area (TPSA) is 45.2 Å². The Hall–Kier alpha value is -1.15. The third-order valence-electron chi connectivity index (χ3n) is 4.67. The van der Waals surface area contributed by atoms with E-state index < -0.39 is 11.9 Å². The number of nitrogens with one attached hydrogen (secondary N) is 1. The second kappa shape index (κ2) is 6.39. The van der Waals surface area contributed by atoms with Crippen molar-refractivity contribution in [1.82, 2.24) is 15.2 Å². The van der Waals surface area contributed by atoms with E-state index in [2.05, 4.69) is 10.3 Å². The van der Waals surface area contributed by atoms with Crippen molar-refractivity contribution in [2.24, 2.45) is 5.92 Å². The molecule has 1 N–H and O–H groups in total. The van der Waals surface area contributed by atoms with Gasteiger partial charge in [-0.2, -0.15) is 13.2 Å². The third-order valence-corrected chi connectivity index (χ3v) is 5.51. The summed E-state index contributed by atoms with van der Waals surface area (Å²) in [6, 6.07) is 1.07. The Labute approximate surface area is 137 Å². The molecule has 3 heterocycles. The Morgan fingerprint density at radius 2 is 2.04 bits per heavy atom. The summed E-state index contributed by atoms with van der Waals surface area (Å²) in [5.41, 5.74) is -0.881. The summed E-state index contributed by atoms with van der Waals surface area (Å²) >= 11 is 0.944. The summed E-state index contributed by atoms with van der Waals surface area (Å²) in [5.74, 6) is 0.366. The molecule has 0 saturated carbocycles. The quantitative estimate of drug-likeness (QED) is 0.911. The number of nitrogens with zero attached hydrogens (tertiary/aromatic N) is 2. The fourth-order valence-corrected chi connectivity index (χ4v) is 4.40. The smallest absolute Gasteiger partial charge is 0.339 e. The first-order valence-corrected chi connectivity index (χ1v) is 8.71. The highest BCUT2D eigenvalue weighted by atomic mass is 32.1. The number of piperidine rings is 1. The molecule has 8 heteroatoms. The second-order valence-corrected chi connectivity index (χ2v) is 7.50. The first-order valence-electron chi connectivity index (χ1n) is 7.83. The maximum atomic E-state index is 12.5. The fourth-order valence-electron chi connectivity index (χ4n) is 3.55. The van der Waals surface area contributed by atoms with Gasteiger partial charge in [-0.15, -0.1) is 11.3 Å². The fraction of sp³-hybridized carbons (Fsp3) is 0.733. The molecule has 2 fully saturated rings. The first-order chi connectivity index (χ1) is 10.8. The Bertz CT molecular complexity index is 563. The van der Waals surface area contributed by atoms with E-state index in [1.807, 2.05) is 0 Å². The molecule has 1 aromatic heterocycles. The minimum atomic E-state index is -4.42. The Morgan fingerprint density at radius 1 is 1.39 bits per heavy atom. The van der Waals surface area contributed by atoms with Gasteiger partial charge in [0.05, 0.1) is 6.54 Å². The lowest BCUT2D eigenvalue weighted by Gasteiger charge is -2.29. The highest BCUT2D eigenvalue weighted by molar-refractivity contribution is 7.09. The number of carbonyl (C=O) groups excluding carboxylic acids is 1. The van der Waals surface area contributed by atoms with E-state index in [0.717, 1.165) is 29.6 Å². The summed E-state index contributed by atoms with van der Waals surface area (Å²) < 4.78 is 37.6. The lowest BCUT2D eigenvalue weighted by molar-refractivity contribution is -0.140. The van der Waals surface area contributed by atoms with Gasteiger partial charge < -0.3 is 10.2 Å². The van der Waals surface area contributed by atoms with Crippen LogP contribution in [0.2, 0.25) is 0 Å². The number of rotatable bonds is 4. The number of fused-ring (bicyclic) bond motifs is 2. The van der Waals surface area contributed by atoms with Crippen LogP contribution in [0.5, 0.6) is 0 Å². The van der Waals surface area contributed by atoms with E-state index in [4.69, 9.17) is 0 Å². The molecule has 1 amide bonds. The molecule has 3 rings (SSSR count). The molecule has 0 aliphatic carbocycles. The second-order valence-electron chi connectivity index (χ2n) is 6.55. The summed E-state index contributed by atoms with van der Waals surface area (Å²) in [6.45, 7) is 0.136. The van der Waals surface area contributed by atoms with Gasteiger partial charge in [0.25, 0.3) is 0 Å². The monoisotopic (exact) mass is 347 g/mol. The van der Waals surface area contributed by atoms with Crippen molar-refractivity contribution in [2.45, 2.75) is 56.9 Å². The van der Waals surface area contributed by atoms with Crippen LogP contribution in [0.3, 0.4) is 0 Å². The van der Waals surface area contributed by atoms with Crippen molar-refractivity contribution in [2.75, 3.05) is 7.05 Å². The van der Waals surface area contributed by atoms with Crippen molar-refractivity contribution in [3.63, 3.8) is 0 Å². The summed E-state index contributed by atoms with van der Waals surface area (Å²) in [6.07, 6.45) is 0.459. The molecule has 2 saturated heterocycles. The molecular formula is C15H20F3N3OS. The van der Waals surface area contributed by atoms with E-state index in [1.54, 1.807) is 7.05 Å². The molecule has 2 bridgehead atoms. The highest BCUT2D eigenvalue weighted by Crippen LogP contribution is 2.33. The van der Waals surface area contributed by atoms with Gasteiger partial charge in [-0.1, -0.05) is 0 Å². The van der Waals surface area contributed by atoms with Crippen LogP contribution in [0.4, 0.5) is 13.2 Å². The number of thiazole rings is 1. The van der Waals surface area contributed by atoms with Gasteiger partial charge in [-0.25, -0.2) is 4.98 Å². The van der Waals surface area contributed by atoms with Crippen LogP contribution in [-0.4, -0.2) is 34.9 Å². The average Bonchev–Trinajstić information content (AvgIpc) is 3.05. The molecule has 2 unspecified atom stereocenters. The Kier molecular flexibility index (Phi) is 4.64. The highest BCUT2D eigenvalue weighted by Gasteiger charge is 2.35. The predicted molar refractivity (Wildman–Crippen MR) is 80.9 cm³/mol. The SMILES string of the molecule is CN(Cc1nc(C(F)(F)F)cs1)C(=O)CC1CC2CCC(C1)N2. The number of aromatic nitrogens is 1. The van der Waals surface area contributed by atoms with Crippen molar-refractivity contribution in [3.8, 4) is 0 Å². The van der Waals surface area contributed by atoms with Crippen LogP contribution < -0.4 is 5.32 Å². The van der Waals surface area contributed by atoms with Crippen LogP contribution >= 0.6 is 11.3 Å². The zero-order chi connectivity index (χ0) is 16.6. The van der Waals surface area contributed by atoms with E-state index >= 15 is 0 Å². The molecule has 2 aliphatic heterocycles. The van der Waals surface area contributed by atoms with E-state index in [1.165, 1.54) is 17.7 Å². The molecule has 0 radical (unpaired) electrons. The first kappa shape index (κ1) is 16.7. The van der Waals surface area contributed by atoms with Crippen LogP contribution in [0, 0.1) is 5.92 Å². The number of hydrogen-bond donors (Lipinski definition) is 1. The van der Waals surface area contributed by atoms with Crippen LogP contribution in [0.15, 0.2) is 5.38 Å². The van der Waals surface area contributed by atoms with E-state index in [9.17, 15) is 18.0 Å². The minimum absolute atomic E-state index is 0.0138. The van der Waals surface area contributed by atoms with Crippen molar-refractivity contribution >= 4 is 17.2 Å². The molecule has 0 spiro atoms. The largest absolute Gasteiger partial charge is 0.434 e. The van der Waals surface area contributed by atoms with Gasteiger partial charge in [0.1, 0.15) is 5.01 Å². The normalized spacial score (nSPS) is 27.2. The van der Waals surface area contributed by atoms with E-state index in [0.29, 0.717) is 29.4 Å². The zero-order valence-electron chi connectivity index (χ0n) is 12.9. The van der Waals surface area contributed by atoms with Gasteiger partial charge >= 0.3 is 6.18 Å². The van der Waals surface area contributed by atoms with Crippen molar-refractivity contribution in [1.29, 1.82) is 0 Å². The molecule has 0 aromatic carbocycles. The Balaban J connectivity index is 1.52. The Morgan fingerprint density at radius 3 is 2.61 bits per heavy atom. The van der Waals surface area contributed by atoms with Gasteiger partial charge in [0.2, 0.25) is 5.91 Å². The molecule has 4 nitrogen and oxygen atoms in total. The van der Waals surface area contributed by atoms with Crippen LogP contribution in [0.1, 0.15) is 42.8 Å². The number of alkyl halides is 3. The van der Waals surface area contributed by atoms with E-state index in [-0.39, 0.29) is 12.5 Å². The summed E-state index contributed by atoms with van der Waals surface area (Å²) in [5, 5.41) is 4.86. The molecular weight excluding hydrogens is 327 g/mol. The zero-order valence-corrected chi connectivity index (χ0v) is 13.7. The van der Waals surface area contributed by atoms with Crippen LogP contribution in [0.25, 0.3) is 0 Å². The number of amides is 1. The van der Waals surface area contributed by atoms with Gasteiger partial charge in [0.15, 0.2) is 5.69 Å². The van der Waals surface area contributed by atoms with Gasteiger partial charge in [-0.05, 0) is 31.6 Å². The predicted octanol–water partition coefficient (Wildman–Crippen LogP) is 3.04. The summed E-state index contributed by atoms with van der Waals surface area (Å²) in [4.78, 5) is 17.4. The maximum Gasteiger partial charge on any atom is 0.434 e.